The Balaban J connectivity index is 2.55. The zero-order chi connectivity index (χ0) is 8.27. The molecule has 0 aromatic carbocycles. The second-order valence-electron chi connectivity index (χ2n) is 2.22. The summed E-state index contributed by atoms with van der Waals surface area (Å²) in [6.07, 6.45) is -0.690. The van der Waals surface area contributed by atoms with Crippen LogP contribution in [-0.2, 0) is 19.1 Å². The van der Waals surface area contributed by atoms with Gasteiger partial charge in [0.2, 0.25) is 6.10 Å². The molecule has 0 aromatic heterocycles. The fraction of sp³-hybridized carbons (Fsp3) is 0.714. The van der Waals surface area contributed by atoms with Crippen molar-refractivity contribution in [3.63, 3.8) is 0 Å². The Kier molecular flexibility index (Phi) is 2.59. The summed E-state index contributed by atoms with van der Waals surface area (Å²) in [5.74, 6) is -0.730. The molecule has 0 radical (unpaired) electrons. The van der Waals surface area contributed by atoms with E-state index in [0.717, 1.165) is 0 Å². The maximum Gasteiger partial charge on any atom is 0.343 e. The first-order valence-electron chi connectivity index (χ1n) is 3.56. The molecule has 1 heterocycles. The molecule has 1 unspecified atom stereocenters. The SMILES string of the molecule is CCOC1C(=O)CCOC1=O. The molecule has 0 aromatic rings. The van der Waals surface area contributed by atoms with Gasteiger partial charge in [0.1, 0.15) is 0 Å². The minimum Gasteiger partial charge on any atom is -0.463 e. The number of carbonyl (C=O) groups is 2. The minimum absolute atomic E-state index is 0.178. The summed E-state index contributed by atoms with van der Waals surface area (Å²) in [6, 6.07) is 0. The lowest BCUT2D eigenvalue weighted by atomic mass is 10.1. The molecule has 62 valence electrons. The van der Waals surface area contributed by atoms with Crippen LogP contribution in [0.15, 0.2) is 0 Å². The normalized spacial score (nSPS) is 25.0. The summed E-state index contributed by atoms with van der Waals surface area (Å²) in [4.78, 5) is 21.8. The fourth-order valence-electron chi connectivity index (χ4n) is 0.918. The molecule has 0 spiro atoms. The van der Waals surface area contributed by atoms with Gasteiger partial charge in [-0.15, -0.1) is 0 Å². The maximum atomic E-state index is 11.0. The molecule has 11 heavy (non-hydrogen) atoms. The molecular weight excluding hydrogens is 148 g/mol. The number of rotatable bonds is 2. The number of cyclic esters (lactones) is 1. The van der Waals surface area contributed by atoms with Gasteiger partial charge >= 0.3 is 5.97 Å². The summed E-state index contributed by atoms with van der Waals surface area (Å²) in [5.41, 5.74) is 0. The Morgan fingerprint density at radius 1 is 1.64 bits per heavy atom. The largest absolute Gasteiger partial charge is 0.463 e. The molecule has 1 fully saturated rings. The molecule has 1 aliphatic rings. The number of esters is 1. The van der Waals surface area contributed by atoms with Crippen molar-refractivity contribution < 1.29 is 19.1 Å². The Morgan fingerprint density at radius 2 is 2.36 bits per heavy atom. The smallest absolute Gasteiger partial charge is 0.343 e. The molecule has 0 aliphatic carbocycles. The second kappa shape index (κ2) is 3.48. The van der Waals surface area contributed by atoms with Crippen molar-refractivity contribution in [1.29, 1.82) is 0 Å². The Morgan fingerprint density at radius 3 is 2.91 bits per heavy atom. The van der Waals surface area contributed by atoms with Crippen molar-refractivity contribution >= 4 is 11.8 Å². The summed E-state index contributed by atoms with van der Waals surface area (Å²) < 4.78 is 9.51. The van der Waals surface area contributed by atoms with E-state index >= 15 is 0 Å². The molecule has 1 aliphatic heterocycles. The third kappa shape index (κ3) is 1.77. The quantitative estimate of drug-likeness (QED) is 0.416. The molecule has 0 bridgehead atoms. The first-order chi connectivity index (χ1) is 5.25. The highest BCUT2D eigenvalue weighted by Crippen LogP contribution is 2.07. The highest BCUT2D eigenvalue weighted by molar-refractivity contribution is 6.03. The lowest BCUT2D eigenvalue weighted by Gasteiger charge is -2.18. The number of carbonyl (C=O) groups excluding carboxylic acids is 2. The second-order valence-corrected chi connectivity index (χ2v) is 2.22. The van der Waals surface area contributed by atoms with Crippen molar-refractivity contribution in [1.82, 2.24) is 0 Å². The van der Waals surface area contributed by atoms with Gasteiger partial charge < -0.3 is 9.47 Å². The van der Waals surface area contributed by atoms with Gasteiger partial charge in [0.15, 0.2) is 5.78 Å². The highest BCUT2D eigenvalue weighted by Gasteiger charge is 2.32. The topological polar surface area (TPSA) is 52.6 Å². The predicted octanol–water partition coefficient (Wildman–Crippen LogP) is -0.0925. The zero-order valence-electron chi connectivity index (χ0n) is 6.33. The van der Waals surface area contributed by atoms with Crippen LogP contribution in [0.25, 0.3) is 0 Å². The van der Waals surface area contributed by atoms with Crippen molar-refractivity contribution in [3.8, 4) is 0 Å². The Hall–Kier alpha value is -0.900. The van der Waals surface area contributed by atoms with Crippen LogP contribution in [0.2, 0.25) is 0 Å². The third-order valence-corrected chi connectivity index (χ3v) is 1.43. The van der Waals surface area contributed by atoms with Crippen LogP contribution < -0.4 is 0 Å². The van der Waals surface area contributed by atoms with E-state index in [1.807, 2.05) is 0 Å². The number of ether oxygens (including phenoxy) is 2. The van der Waals surface area contributed by atoms with Gasteiger partial charge in [-0.05, 0) is 6.92 Å². The van der Waals surface area contributed by atoms with Gasteiger partial charge in [-0.25, -0.2) is 4.79 Å². The van der Waals surface area contributed by atoms with Crippen molar-refractivity contribution in [3.05, 3.63) is 0 Å². The monoisotopic (exact) mass is 158 g/mol. The van der Waals surface area contributed by atoms with E-state index in [1.54, 1.807) is 6.92 Å². The zero-order valence-corrected chi connectivity index (χ0v) is 6.33. The van der Waals surface area contributed by atoms with Crippen LogP contribution in [0, 0.1) is 0 Å². The van der Waals surface area contributed by atoms with Crippen LogP contribution in [-0.4, -0.2) is 31.1 Å². The molecule has 0 saturated carbocycles. The molecule has 0 N–H and O–H groups in total. The average Bonchev–Trinajstić information content (AvgIpc) is 1.97. The predicted molar refractivity (Wildman–Crippen MR) is 36.0 cm³/mol. The van der Waals surface area contributed by atoms with Crippen LogP contribution in [0.3, 0.4) is 0 Å². The van der Waals surface area contributed by atoms with Gasteiger partial charge in [0, 0.05) is 13.0 Å². The number of ketones is 1. The third-order valence-electron chi connectivity index (χ3n) is 1.43. The lowest BCUT2D eigenvalue weighted by Crippen LogP contribution is -2.39. The van der Waals surface area contributed by atoms with Gasteiger partial charge in [0.05, 0.1) is 6.61 Å². The van der Waals surface area contributed by atoms with Gasteiger partial charge in [-0.2, -0.15) is 0 Å². The molecule has 4 heteroatoms. The standard InChI is InChI=1S/C7H10O4/c1-2-10-6-5(8)3-4-11-7(6)9/h6H,2-4H2,1H3. The first-order valence-corrected chi connectivity index (χ1v) is 3.56. The van der Waals surface area contributed by atoms with Crippen LogP contribution >= 0.6 is 0 Å². The van der Waals surface area contributed by atoms with E-state index in [2.05, 4.69) is 4.74 Å². The Labute approximate surface area is 64.5 Å². The van der Waals surface area contributed by atoms with Gasteiger partial charge in [0.25, 0.3) is 0 Å². The number of hydrogen-bond donors (Lipinski definition) is 0. The fourth-order valence-corrected chi connectivity index (χ4v) is 0.918. The van der Waals surface area contributed by atoms with Gasteiger partial charge in [-0.3, -0.25) is 4.79 Å². The molecule has 1 rings (SSSR count). The average molecular weight is 158 g/mol. The van der Waals surface area contributed by atoms with Gasteiger partial charge in [-0.1, -0.05) is 0 Å². The van der Waals surface area contributed by atoms with Crippen molar-refractivity contribution in [2.45, 2.75) is 19.4 Å². The molecule has 1 atom stereocenters. The van der Waals surface area contributed by atoms with Crippen molar-refractivity contribution in [2.75, 3.05) is 13.2 Å². The molecular formula is C7H10O4. The molecule has 1 saturated heterocycles. The number of Topliss-reactive ketones (excluding diaryl/α,β-unsaturated/α-hetero) is 1. The van der Waals surface area contributed by atoms with E-state index in [-0.39, 0.29) is 18.8 Å². The summed E-state index contributed by atoms with van der Waals surface area (Å²) in [5, 5.41) is 0. The Bertz CT molecular complexity index is 159. The maximum absolute atomic E-state index is 11.0. The van der Waals surface area contributed by atoms with E-state index in [0.29, 0.717) is 6.61 Å². The summed E-state index contributed by atoms with van der Waals surface area (Å²) in [7, 11) is 0. The molecule has 4 nitrogen and oxygen atoms in total. The summed E-state index contributed by atoms with van der Waals surface area (Å²) in [6.45, 7) is 2.28. The van der Waals surface area contributed by atoms with E-state index in [1.165, 1.54) is 0 Å². The van der Waals surface area contributed by atoms with Crippen LogP contribution in [0.4, 0.5) is 0 Å². The first kappa shape index (κ1) is 8.20. The highest BCUT2D eigenvalue weighted by atomic mass is 16.6. The van der Waals surface area contributed by atoms with E-state index < -0.39 is 12.1 Å². The van der Waals surface area contributed by atoms with E-state index in [9.17, 15) is 9.59 Å². The van der Waals surface area contributed by atoms with Crippen LogP contribution in [0.1, 0.15) is 13.3 Å². The van der Waals surface area contributed by atoms with Crippen molar-refractivity contribution in [2.24, 2.45) is 0 Å². The van der Waals surface area contributed by atoms with Crippen LogP contribution in [0.5, 0.6) is 0 Å². The summed E-state index contributed by atoms with van der Waals surface area (Å²) >= 11 is 0. The lowest BCUT2D eigenvalue weighted by molar-refractivity contribution is -0.167. The molecule has 0 amide bonds. The minimum atomic E-state index is -0.964. The van der Waals surface area contributed by atoms with E-state index in [4.69, 9.17) is 4.74 Å². The number of hydrogen-bond acceptors (Lipinski definition) is 4.